The van der Waals surface area contributed by atoms with Crippen molar-refractivity contribution >= 4 is 66.7 Å². The van der Waals surface area contributed by atoms with Crippen molar-refractivity contribution in [2.24, 2.45) is 0 Å². The first-order valence-electron chi connectivity index (χ1n) is 36.8. The maximum absolute atomic E-state index is 14.6. The zero-order valence-electron chi connectivity index (χ0n) is 65.1. The van der Waals surface area contributed by atoms with E-state index in [0.29, 0.717) is 149 Å². The number of pyridine rings is 2. The highest BCUT2D eigenvalue weighted by atomic mass is 32.2. The molecular formula is C96H45F11N16S3. The van der Waals surface area contributed by atoms with Crippen LogP contribution in [0.5, 0.6) is 0 Å². The first kappa shape index (κ1) is 87.5. The third-order valence-corrected chi connectivity index (χ3v) is 24.3. The molecule has 0 saturated carbocycles. The summed E-state index contributed by atoms with van der Waals surface area (Å²) in [6, 6.07) is 45.1. The number of hydrogen-bond donors (Lipinski definition) is 0. The average molecular weight is 1730 g/mol. The molecule has 6 aliphatic carbocycles. The molecular weight excluding hydrogens is 1680 g/mol. The maximum atomic E-state index is 14.6. The zero-order chi connectivity index (χ0) is 90.7. The van der Waals surface area contributed by atoms with Crippen LogP contribution in [-0.4, -0.2) is 26.5 Å². The van der Waals surface area contributed by atoms with Crippen LogP contribution in [-0.2, 0) is 38.5 Å². The molecule has 0 saturated heterocycles. The van der Waals surface area contributed by atoms with Gasteiger partial charge in [0.2, 0.25) is 0 Å². The third kappa shape index (κ3) is 16.2. The van der Waals surface area contributed by atoms with Gasteiger partial charge >= 0.3 is 34.0 Å². The summed E-state index contributed by atoms with van der Waals surface area (Å²) in [5.74, 6) is -1.71. The standard InChI is InChI=1S/C34H15F3N6S.C32H15F5N4S.C30H15F3N6S/c1-18-24(33(42-2)43-3)12-26-28(18)29(21-8-4-19(14-38)5-9-21)27-13-25(23(16-40)17-41)32(44-34(35,36)37)31(27)30(26)22-10-6-20(15-39)7-11-22;1-16-22(31(40-2)41-3)12-24-26(16)27(17-6-4-8-20(33)10-17)25-13-23(19(14-38)15-39)30(42-32(35,36)37)29(25)28(24)18-7-5-9-21(34)11-18;1-16-20(29(36-2)37-3)12-22-24(16)25(17-4-8-38-9-5-17)23-13-21(19(14-34)15-35)28(40-30(31,32)33)27(23)26(22)18-6-10-39-11-7-18/h4-11H,12-13H2,1H3;4-11H,12-13H2,1H3;4-11H,12-13H2,1H3. The van der Waals surface area contributed by atoms with Crippen LogP contribution in [0, 0.1) is 142 Å². The molecule has 16 nitrogen and oxygen atoms in total. The second-order valence-corrected chi connectivity index (χ2v) is 31.3. The lowest BCUT2D eigenvalue weighted by molar-refractivity contribution is -0.0327. The highest BCUT2D eigenvalue weighted by Crippen LogP contribution is 2.52. The fourth-order valence-corrected chi connectivity index (χ4v) is 19.4. The number of halogens is 11. The minimum absolute atomic E-state index is 0.0188. The van der Waals surface area contributed by atoms with Crippen molar-refractivity contribution < 1.29 is 48.3 Å². The summed E-state index contributed by atoms with van der Waals surface area (Å²) >= 11 is -1.20. The molecule has 0 fully saturated rings. The van der Waals surface area contributed by atoms with E-state index in [1.54, 1.807) is 142 Å². The molecule has 0 radical (unpaired) electrons. The summed E-state index contributed by atoms with van der Waals surface area (Å²) < 4.78 is 156. The minimum atomic E-state index is -4.82. The van der Waals surface area contributed by atoms with Crippen molar-refractivity contribution in [3.05, 3.63) is 370 Å². The Kier molecular flexibility index (Phi) is 24.6. The molecule has 0 N–H and O–H groups in total. The van der Waals surface area contributed by atoms with Crippen molar-refractivity contribution in [1.29, 1.82) is 42.1 Å². The van der Waals surface area contributed by atoms with E-state index in [4.69, 9.17) is 39.4 Å². The number of nitriles is 8. The molecule has 15 rings (SSSR count). The van der Waals surface area contributed by atoms with Crippen LogP contribution in [0.3, 0.4) is 0 Å². The van der Waals surface area contributed by atoms with Gasteiger partial charge in [0.05, 0.1) is 40.0 Å². The Labute approximate surface area is 723 Å². The molecule has 6 aliphatic rings. The lowest BCUT2D eigenvalue weighted by atomic mass is 9.86. The summed E-state index contributed by atoms with van der Waals surface area (Å²) in [7, 11) is 0. The first-order chi connectivity index (χ1) is 60.4. The van der Waals surface area contributed by atoms with Crippen LogP contribution in [0.1, 0.15) is 65.3 Å². The van der Waals surface area contributed by atoms with Crippen molar-refractivity contribution in [1.82, 2.24) is 9.97 Å². The number of rotatable bonds is 9. The van der Waals surface area contributed by atoms with Crippen molar-refractivity contribution in [3.63, 3.8) is 0 Å². The Bertz CT molecular complexity index is 7610. The number of aromatic nitrogens is 2. The molecule has 604 valence electrons. The van der Waals surface area contributed by atoms with Gasteiger partial charge in [0.15, 0.2) is 0 Å². The predicted molar refractivity (Wildman–Crippen MR) is 451 cm³/mol. The van der Waals surface area contributed by atoms with Crippen molar-refractivity contribution in [3.8, 4) is 115 Å². The second kappa shape index (κ2) is 35.4. The summed E-state index contributed by atoms with van der Waals surface area (Å²) in [6.45, 7) is 50.6. The summed E-state index contributed by atoms with van der Waals surface area (Å²) in [5.41, 5.74) is -3.26. The van der Waals surface area contributed by atoms with E-state index in [0.717, 1.165) is 5.22 Å². The Morgan fingerprint density at radius 2 is 0.548 bits per heavy atom. The zero-order valence-corrected chi connectivity index (χ0v) is 67.6. The first-order valence-corrected chi connectivity index (χ1v) is 39.3. The fourth-order valence-electron chi connectivity index (χ4n) is 16.9. The molecule has 0 bridgehead atoms. The van der Waals surface area contributed by atoms with E-state index in [1.165, 1.54) is 54.9 Å². The largest absolute Gasteiger partial charge is 0.523 e. The summed E-state index contributed by atoms with van der Waals surface area (Å²) in [6.07, 6.45) is 5.98. The van der Waals surface area contributed by atoms with Crippen LogP contribution in [0.4, 0.5) is 48.3 Å². The van der Waals surface area contributed by atoms with Crippen LogP contribution >= 0.6 is 35.3 Å². The number of allylic oxidation sites excluding steroid dienone is 6. The maximum Gasteiger partial charge on any atom is 0.523 e. The van der Waals surface area contributed by atoms with Gasteiger partial charge in [-0.1, -0.05) is 48.5 Å². The SMILES string of the molecule is [C-]#[N+]C([N+]#[C-])=C1Cc2c(-c3ccc(C#N)cc3)c3c(c(-c4ccc(C#N)cc4)c2=C1C)CC(=C(C#N)C#N)C=3SC(F)(F)F.[C-]#[N+]C([N+]#[C-])=C1Cc2c(-c3cccc(F)c3)c3c(c(-c4cccc(F)c4)c2=C1C)CC(=C(C#N)C#N)C=3SC(F)(F)F.[C-]#[N+]C([N+]#[C-])=C1Cc2c(-c3ccncc3)c3c(c(-c4ccncc4)c2=C1C)CC(=C(C#N)C#N)C=3SC(F)(F)F. The quantitative estimate of drug-likeness (QED) is 0.0742. The van der Waals surface area contributed by atoms with E-state index >= 15 is 0 Å². The van der Waals surface area contributed by atoms with E-state index in [1.807, 2.05) is 13.0 Å². The summed E-state index contributed by atoms with van der Waals surface area (Å²) in [5, 5.41) is 79.5. The van der Waals surface area contributed by atoms with E-state index in [9.17, 15) is 90.4 Å². The van der Waals surface area contributed by atoms with Gasteiger partial charge in [-0.15, -0.1) is 0 Å². The number of benzene rings is 7. The molecule has 2 aromatic heterocycles. The number of nitrogens with zero attached hydrogens (tertiary/aromatic N) is 16. The number of thioether (sulfide) groups is 3. The lowest BCUT2D eigenvalue weighted by Crippen LogP contribution is -2.24. The van der Waals surface area contributed by atoms with Crippen LogP contribution in [0.15, 0.2) is 214 Å². The van der Waals surface area contributed by atoms with E-state index in [2.05, 4.69) is 45.1 Å². The topological polar surface area (TPSA) is 242 Å². The molecule has 0 atom stereocenters. The van der Waals surface area contributed by atoms with E-state index in [-0.39, 0.29) is 126 Å². The number of fused-ring (bicyclic) bond motifs is 6. The van der Waals surface area contributed by atoms with Gasteiger partial charge in [0.1, 0.15) is 104 Å². The molecule has 126 heavy (non-hydrogen) atoms. The van der Waals surface area contributed by atoms with Gasteiger partial charge in [-0.25, -0.2) is 8.78 Å². The molecule has 2 heterocycles. The number of hydrogen-bond acceptors (Lipinski definition) is 13. The van der Waals surface area contributed by atoms with Gasteiger partial charge in [-0.3, -0.25) is 9.97 Å². The van der Waals surface area contributed by atoms with Crippen LogP contribution in [0.2, 0.25) is 0 Å². The monoisotopic (exact) mass is 1730 g/mol. The Balaban J connectivity index is 0.000000162. The lowest BCUT2D eigenvalue weighted by Gasteiger charge is -2.17. The molecule has 0 spiro atoms. The molecule has 0 unspecified atom stereocenters. The smallest absolute Gasteiger partial charge is 0.265 e. The molecule has 9 aromatic rings. The van der Waals surface area contributed by atoms with Gasteiger partial charge in [0, 0.05) is 74.4 Å². The van der Waals surface area contributed by atoms with Crippen LogP contribution in [0.25, 0.3) is 127 Å². The van der Waals surface area contributed by atoms with Gasteiger partial charge in [-0.2, -0.15) is 111 Å². The predicted octanol–water partition coefficient (Wildman–Crippen LogP) is 20.0. The highest BCUT2D eigenvalue weighted by Gasteiger charge is 2.44. The number of alkyl halides is 9. The molecule has 30 heteroatoms. The van der Waals surface area contributed by atoms with Crippen molar-refractivity contribution in [2.45, 2.75) is 75.8 Å². The van der Waals surface area contributed by atoms with Crippen LogP contribution < -0.4 is 31.3 Å². The third-order valence-electron chi connectivity index (χ3n) is 21.7. The Morgan fingerprint density at radius 3 is 0.786 bits per heavy atom. The Morgan fingerprint density at radius 1 is 0.317 bits per heavy atom. The van der Waals surface area contributed by atoms with Gasteiger partial charge in [0.25, 0.3) is 0 Å². The molecule has 0 amide bonds. The Hall–Kier alpha value is -16.4. The molecule has 7 aromatic carbocycles. The van der Waals surface area contributed by atoms with Gasteiger partial charge < -0.3 is 0 Å². The minimum Gasteiger partial charge on any atom is -0.265 e. The average Bonchev–Trinajstić information content (AvgIpc) is 1.55. The second-order valence-electron chi connectivity index (χ2n) is 28.1. The highest BCUT2D eigenvalue weighted by molar-refractivity contribution is 8.09. The van der Waals surface area contributed by atoms with E-state index < -0.39 is 62.8 Å². The van der Waals surface area contributed by atoms with Crippen molar-refractivity contribution in [2.75, 3.05) is 0 Å². The van der Waals surface area contributed by atoms with Gasteiger partial charge in [-0.05, 0) is 297 Å². The molecule has 0 aliphatic heterocycles. The normalized spacial score (nSPS) is 13.4. The fraction of sp³-hybridized carbons (Fsp3) is 0.125. The summed E-state index contributed by atoms with van der Waals surface area (Å²) in [4.78, 5) is 27.7.